The van der Waals surface area contributed by atoms with E-state index in [1.807, 2.05) is 56.4 Å². The number of aromatic nitrogens is 1. The van der Waals surface area contributed by atoms with E-state index in [0.717, 1.165) is 16.9 Å². The molecule has 0 bridgehead atoms. The van der Waals surface area contributed by atoms with Gasteiger partial charge < -0.3 is 0 Å². The lowest BCUT2D eigenvalue weighted by atomic mass is 10.1. The number of thiazole rings is 1. The van der Waals surface area contributed by atoms with Gasteiger partial charge in [0, 0.05) is 23.1 Å². The molecule has 2 aromatic carbocycles. The van der Waals surface area contributed by atoms with Crippen molar-refractivity contribution in [3.05, 3.63) is 81.9 Å². The second-order valence-corrected chi connectivity index (χ2v) is 6.66. The van der Waals surface area contributed by atoms with E-state index in [1.165, 1.54) is 22.5 Å². The van der Waals surface area contributed by atoms with Crippen molar-refractivity contribution in [1.82, 2.24) is 4.98 Å². The molecule has 4 heteroatoms. The lowest BCUT2D eigenvalue weighted by Gasteiger charge is -2.04. The van der Waals surface area contributed by atoms with Crippen molar-refractivity contribution in [2.75, 3.05) is 5.32 Å². The number of nitrogens with zero attached hydrogens (tertiary/aromatic N) is 1. The third-order valence-electron chi connectivity index (χ3n) is 3.76. The van der Waals surface area contributed by atoms with Gasteiger partial charge in [0.15, 0.2) is 5.13 Å². The maximum Gasteiger partial charge on any atom is 0.257 e. The summed E-state index contributed by atoms with van der Waals surface area (Å²) in [6, 6.07) is 16.0. The van der Waals surface area contributed by atoms with Crippen LogP contribution in [0.3, 0.4) is 0 Å². The van der Waals surface area contributed by atoms with Crippen LogP contribution in [0.2, 0.25) is 0 Å². The number of aryl methyl sites for hydroxylation is 2. The van der Waals surface area contributed by atoms with Crippen molar-refractivity contribution in [2.45, 2.75) is 20.3 Å². The normalized spacial score (nSPS) is 10.5. The Hall–Kier alpha value is -2.46. The molecule has 1 aromatic heterocycles. The zero-order chi connectivity index (χ0) is 16.2. The van der Waals surface area contributed by atoms with Gasteiger partial charge in [-0.1, -0.05) is 36.4 Å². The summed E-state index contributed by atoms with van der Waals surface area (Å²) in [5.74, 6) is -0.117. The van der Waals surface area contributed by atoms with E-state index in [1.54, 1.807) is 0 Å². The molecule has 0 atom stereocenters. The highest BCUT2D eigenvalue weighted by molar-refractivity contribution is 7.15. The molecule has 0 saturated heterocycles. The van der Waals surface area contributed by atoms with Crippen molar-refractivity contribution in [3.63, 3.8) is 0 Å². The van der Waals surface area contributed by atoms with Gasteiger partial charge in [-0.05, 0) is 42.7 Å². The smallest absolute Gasteiger partial charge is 0.257 e. The third-order valence-corrected chi connectivity index (χ3v) is 4.68. The molecule has 0 unspecified atom stereocenters. The zero-order valence-electron chi connectivity index (χ0n) is 13.2. The molecule has 0 spiro atoms. The van der Waals surface area contributed by atoms with Crippen molar-refractivity contribution in [1.29, 1.82) is 0 Å². The van der Waals surface area contributed by atoms with Crippen LogP contribution in [0, 0.1) is 13.8 Å². The van der Waals surface area contributed by atoms with Crippen LogP contribution in [0.4, 0.5) is 5.13 Å². The number of amides is 1. The van der Waals surface area contributed by atoms with Crippen molar-refractivity contribution >= 4 is 22.4 Å². The Kier molecular flexibility index (Phi) is 4.53. The van der Waals surface area contributed by atoms with Crippen LogP contribution in [0.1, 0.15) is 31.9 Å². The molecule has 0 fully saturated rings. The van der Waals surface area contributed by atoms with Gasteiger partial charge in [-0.3, -0.25) is 10.1 Å². The number of anilines is 1. The Balaban J connectivity index is 1.68. The molecule has 116 valence electrons. The highest BCUT2D eigenvalue weighted by atomic mass is 32.1. The van der Waals surface area contributed by atoms with Gasteiger partial charge in [0.1, 0.15) is 0 Å². The van der Waals surface area contributed by atoms with E-state index in [0.29, 0.717) is 10.7 Å². The molecular formula is C19H18N2OS. The monoisotopic (exact) mass is 322 g/mol. The third kappa shape index (κ3) is 3.85. The Labute approximate surface area is 140 Å². The van der Waals surface area contributed by atoms with Gasteiger partial charge in [-0.25, -0.2) is 4.98 Å². The van der Waals surface area contributed by atoms with Crippen LogP contribution in [0.5, 0.6) is 0 Å². The number of carbonyl (C=O) groups is 1. The first-order valence-electron chi connectivity index (χ1n) is 7.49. The van der Waals surface area contributed by atoms with Crippen LogP contribution in [-0.4, -0.2) is 10.9 Å². The fourth-order valence-electron chi connectivity index (χ4n) is 2.30. The highest BCUT2D eigenvalue weighted by Crippen LogP contribution is 2.22. The largest absolute Gasteiger partial charge is 0.298 e. The standard InChI is InChI=1S/C19H18N2OS/c1-13-8-9-16(10-14(13)2)18(22)21-19-20-12-17(23-19)11-15-6-4-3-5-7-15/h3-10,12H,11H2,1-2H3,(H,20,21,22). The minimum Gasteiger partial charge on any atom is -0.298 e. The van der Waals surface area contributed by atoms with Crippen LogP contribution in [-0.2, 0) is 6.42 Å². The summed E-state index contributed by atoms with van der Waals surface area (Å²) < 4.78 is 0. The molecule has 0 saturated carbocycles. The topological polar surface area (TPSA) is 42.0 Å². The molecule has 1 heterocycles. The summed E-state index contributed by atoms with van der Waals surface area (Å²) >= 11 is 1.52. The first kappa shape index (κ1) is 15.4. The average molecular weight is 322 g/mol. The predicted molar refractivity (Wildman–Crippen MR) is 95.2 cm³/mol. The van der Waals surface area contributed by atoms with Gasteiger partial charge in [0.05, 0.1) is 0 Å². The molecule has 3 aromatic rings. The number of carbonyl (C=O) groups excluding carboxylic acids is 1. The van der Waals surface area contributed by atoms with E-state index in [2.05, 4.69) is 22.4 Å². The first-order valence-corrected chi connectivity index (χ1v) is 8.31. The fourth-order valence-corrected chi connectivity index (χ4v) is 3.14. The van der Waals surface area contributed by atoms with Crippen LogP contribution >= 0.6 is 11.3 Å². The van der Waals surface area contributed by atoms with Gasteiger partial charge in [0.2, 0.25) is 0 Å². The van der Waals surface area contributed by atoms with Gasteiger partial charge in [-0.15, -0.1) is 11.3 Å². The number of hydrogen-bond acceptors (Lipinski definition) is 3. The Morgan fingerprint density at radius 1 is 1.09 bits per heavy atom. The van der Waals surface area contributed by atoms with Gasteiger partial charge in [-0.2, -0.15) is 0 Å². The SMILES string of the molecule is Cc1ccc(C(=O)Nc2ncc(Cc3ccccc3)s2)cc1C. The molecule has 1 N–H and O–H groups in total. The number of benzene rings is 2. The summed E-state index contributed by atoms with van der Waals surface area (Å²) in [5.41, 5.74) is 4.19. The molecule has 0 aliphatic carbocycles. The molecule has 0 aliphatic rings. The molecular weight excluding hydrogens is 304 g/mol. The second kappa shape index (κ2) is 6.75. The highest BCUT2D eigenvalue weighted by Gasteiger charge is 2.10. The number of rotatable bonds is 4. The molecule has 0 aliphatic heterocycles. The summed E-state index contributed by atoms with van der Waals surface area (Å²) in [6.45, 7) is 4.04. The van der Waals surface area contributed by atoms with Crippen LogP contribution in [0.15, 0.2) is 54.7 Å². The van der Waals surface area contributed by atoms with E-state index in [-0.39, 0.29) is 5.91 Å². The Morgan fingerprint density at radius 2 is 1.87 bits per heavy atom. The summed E-state index contributed by atoms with van der Waals surface area (Å²) in [5, 5.41) is 3.52. The summed E-state index contributed by atoms with van der Waals surface area (Å²) in [7, 11) is 0. The van der Waals surface area contributed by atoms with Crippen molar-refractivity contribution in [2.24, 2.45) is 0 Å². The summed E-state index contributed by atoms with van der Waals surface area (Å²) in [6.07, 6.45) is 2.66. The van der Waals surface area contributed by atoms with Gasteiger partial charge >= 0.3 is 0 Å². The minimum absolute atomic E-state index is 0.117. The van der Waals surface area contributed by atoms with E-state index in [4.69, 9.17) is 0 Å². The fraction of sp³-hybridized carbons (Fsp3) is 0.158. The minimum atomic E-state index is -0.117. The van der Waals surface area contributed by atoms with Crippen LogP contribution < -0.4 is 5.32 Å². The second-order valence-electron chi connectivity index (χ2n) is 5.55. The van der Waals surface area contributed by atoms with E-state index in [9.17, 15) is 4.79 Å². The summed E-state index contributed by atoms with van der Waals surface area (Å²) in [4.78, 5) is 17.7. The quantitative estimate of drug-likeness (QED) is 0.762. The maximum atomic E-state index is 12.3. The first-order chi connectivity index (χ1) is 11.1. The predicted octanol–water partition coefficient (Wildman–Crippen LogP) is 4.60. The molecule has 23 heavy (non-hydrogen) atoms. The molecule has 0 radical (unpaired) electrons. The molecule has 1 amide bonds. The lowest BCUT2D eigenvalue weighted by molar-refractivity contribution is 0.102. The average Bonchev–Trinajstić information content (AvgIpc) is 2.98. The van der Waals surface area contributed by atoms with E-state index < -0.39 is 0 Å². The van der Waals surface area contributed by atoms with Crippen molar-refractivity contribution < 1.29 is 4.79 Å². The Morgan fingerprint density at radius 3 is 2.61 bits per heavy atom. The molecule has 3 nitrogen and oxygen atoms in total. The lowest BCUT2D eigenvalue weighted by Crippen LogP contribution is -2.11. The number of hydrogen-bond donors (Lipinski definition) is 1. The number of nitrogens with one attached hydrogen (secondary N) is 1. The zero-order valence-corrected chi connectivity index (χ0v) is 14.0. The van der Waals surface area contributed by atoms with E-state index >= 15 is 0 Å². The van der Waals surface area contributed by atoms with Crippen molar-refractivity contribution in [3.8, 4) is 0 Å². The van der Waals surface area contributed by atoms with Crippen LogP contribution in [0.25, 0.3) is 0 Å². The maximum absolute atomic E-state index is 12.3. The molecule has 3 rings (SSSR count). The van der Waals surface area contributed by atoms with Gasteiger partial charge in [0.25, 0.3) is 5.91 Å². The Bertz CT molecular complexity index is 824.